The Bertz CT molecular complexity index is 567. The van der Waals surface area contributed by atoms with Crippen LogP contribution in [0.25, 0.3) is 0 Å². The molecule has 0 atom stereocenters. The number of hydrogen-bond donors (Lipinski definition) is 1. The van der Waals surface area contributed by atoms with Crippen molar-refractivity contribution in [1.82, 2.24) is 9.62 Å². The van der Waals surface area contributed by atoms with E-state index in [9.17, 15) is 8.42 Å². The van der Waals surface area contributed by atoms with Crippen LogP contribution in [0, 0.1) is 5.41 Å². The van der Waals surface area contributed by atoms with Gasteiger partial charge in [-0.15, -0.1) is 0 Å². The van der Waals surface area contributed by atoms with Crippen molar-refractivity contribution in [3.05, 3.63) is 29.8 Å². The monoisotopic (exact) mass is 296 g/mol. The fraction of sp³-hybridized carbons (Fsp3) is 0.600. The third-order valence-electron chi connectivity index (χ3n) is 3.82. The first kappa shape index (κ1) is 15.5. The Morgan fingerprint density at radius 1 is 1.30 bits per heavy atom. The second-order valence-electron chi connectivity index (χ2n) is 6.24. The molecule has 0 aromatic heterocycles. The van der Waals surface area contributed by atoms with Gasteiger partial charge in [0.15, 0.2) is 0 Å². The zero-order valence-corrected chi connectivity index (χ0v) is 13.3. The fourth-order valence-corrected chi connectivity index (χ4v) is 4.69. The first-order valence-corrected chi connectivity index (χ1v) is 8.53. The highest BCUT2D eigenvalue weighted by Gasteiger charge is 2.34. The van der Waals surface area contributed by atoms with Crippen molar-refractivity contribution < 1.29 is 8.42 Å². The molecule has 1 aromatic carbocycles. The van der Waals surface area contributed by atoms with Crippen molar-refractivity contribution >= 4 is 10.0 Å². The van der Waals surface area contributed by atoms with Crippen molar-refractivity contribution in [1.29, 1.82) is 0 Å². The van der Waals surface area contributed by atoms with Gasteiger partial charge in [0.05, 0.1) is 4.90 Å². The van der Waals surface area contributed by atoms with Crippen molar-refractivity contribution in [2.75, 3.05) is 20.1 Å². The average Bonchev–Trinajstić information content (AvgIpc) is 2.38. The van der Waals surface area contributed by atoms with Crippen LogP contribution in [-0.4, -0.2) is 32.9 Å². The van der Waals surface area contributed by atoms with Gasteiger partial charge in [-0.1, -0.05) is 32.0 Å². The van der Waals surface area contributed by atoms with Crippen LogP contribution in [0.1, 0.15) is 32.3 Å². The van der Waals surface area contributed by atoms with Crippen LogP contribution in [0.15, 0.2) is 29.2 Å². The lowest BCUT2D eigenvalue weighted by molar-refractivity contribution is 0.187. The van der Waals surface area contributed by atoms with E-state index >= 15 is 0 Å². The predicted octanol–water partition coefficient (Wildman–Crippen LogP) is 2.22. The van der Waals surface area contributed by atoms with Gasteiger partial charge in [0.2, 0.25) is 10.0 Å². The summed E-state index contributed by atoms with van der Waals surface area (Å²) in [4.78, 5) is 0.437. The SMILES string of the molecule is CNCc1ccccc1S(=O)(=O)N1CCCC(C)(C)C1. The molecule has 4 nitrogen and oxygen atoms in total. The zero-order valence-electron chi connectivity index (χ0n) is 12.5. The summed E-state index contributed by atoms with van der Waals surface area (Å²) in [7, 11) is -1.57. The Kier molecular flexibility index (Phi) is 4.52. The molecule has 0 bridgehead atoms. The quantitative estimate of drug-likeness (QED) is 0.927. The maximum absolute atomic E-state index is 12.9. The number of benzene rings is 1. The first-order valence-electron chi connectivity index (χ1n) is 7.09. The van der Waals surface area contributed by atoms with E-state index < -0.39 is 10.0 Å². The molecular formula is C15H24N2O2S. The number of hydrogen-bond acceptors (Lipinski definition) is 3. The summed E-state index contributed by atoms with van der Waals surface area (Å²) >= 11 is 0. The van der Waals surface area contributed by atoms with Crippen molar-refractivity contribution in [2.45, 2.75) is 38.1 Å². The van der Waals surface area contributed by atoms with Crippen LogP contribution in [0.3, 0.4) is 0 Å². The van der Waals surface area contributed by atoms with Crippen LogP contribution >= 0.6 is 0 Å². The maximum atomic E-state index is 12.9. The Balaban J connectivity index is 2.35. The fourth-order valence-electron chi connectivity index (χ4n) is 2.81. The number of rotatable bonds is 4. The highest BCUT2D eigenvalue weighted by atomic mass is 32.2. The molecule has 1 fully saturated rings. The minimum absolute atomic E-state index is 0.0588. The summed E-state index contributed by atoms with van der Waals surface area (Å²) in [6, 6.07) is 7.26. The van der Waals surface area contributed by atoms with Gasteiger partial charge in [-0.3, -0.25) is 0 Å². The Morgan fingerprint density at radius 3 is 2.65 bits per heavy atom. The largest absolute Gasteiger partial charge is 0.316 e. The lowest BCUT2D eigenvalue weighted by Gasteiger charge is -2.37. The molecule has 0 saturated carbocycles. The standard InChI is InChI=1S/C15H24N2O2S/c1-15(2)9-6-10-17(12-15)20(18,19)14-8-5-4-7-13(14)11-16-3/h4-5,7-8,16H,6,9-12H2,1-3H3. The molecule has 0 unspecified atom stereocenters. The number of nitrogens with zero attached hydrogens (tertiary/aromatic N) is 1. The van der Waals surface area contributed by atoms with Crippen LogP contribution in [-0.2, 0) is 16.6 Å². The Morgan fingerprint density at radius 2 is 2.00 bits per heavy atom. The summed E-state index contributed by atoms with van der Waals surface area (Å²) in [5.41, 5.74) is 0.891. The van der Waals surface area contributed by atoms with Gasteiger partial charge in [0.1, 0.15) is 0 Å². The highest BCUT2D eigenvalue weighted by molar-refractivity contribution is 7.89. The smallest absolute Gasteiger partial charge is 0.243 e. The van der Waals surface area contributed by atoms with Crippen LogP contribution in [0.4, 0.5) is 0 Å². The normalized spacial score (nSPS) is 19.9. The maximum Gasteiger partial charge on any atom is 0.243 e. The Labute approximate surface area is 122 Å². The molecule has 2 rings (SSSR count). The van der Waals surface area contributed by atoms with E-state index in [4.69, 9.17) is 0 Å². The van der Waals surface area contributed by atoms with Crippen molar-refractivity contribution in [2.24, 2.45) is 5.41 Å². The molecule has 20 heavy (non-hydrogen) atoms. The van der Waals surface area contributed by atoms with Crippen LogP contribution in [0.5, 0.6) is 0 Å². The summed E-state index contributed by atoms with van der Waals surface area (Å²) < 4.78 is 27.4. The van der Waals surface area contributed by atoms with E-state index in [1.165, 1.54) is 0 Å². The minimum atomic E-state index is -3.39. The van der Waals surface area contributed by atoms with Crippen molar-refractivity contribution in [3.63, 3.8) is 0 Å². The number of piperidine rings is 1. The Hall–Kier alpha value is -0.910. The topological polar surface area (TPSA) is 49.4 Å². The van der Waals surface area contributed by atoms with Gasteiger partial charge < -0.3 is 5.32 Å². The van der Waals surface area contributed by atoms with Crippen molar-refractivity contribution in [3.8, 4) is 0 Å². The van der Waals surface area contributed by atoms with Gasteiger partial charge in [-0.25, -0.2) is 8.42 Å². The second-order valence-corrected chi connectivity index (χ2v) is 8.15. The molecule has 1 aliphatic rings. The van der Waals surface area contributed by atoms with Crippen LogP contribution < -0.4 is 5.32 Å². The third kappa shape index (κ3) is 3.22. The lowest BCUT2D eigenvalue weighted by atomic mass is 9.85. The van der Waals surface area contributed by atoms with Crippen LogP contribution in [0.2, 0.25) is 0 Å². The first-order chi connectivity index (χ1) is 9.37. The van der Waals surface area contributed by atoms with E-state index in [-0.39, 0.29) is 5.41 Å². The summed E-state index contributed by atoms with van der Waals surface area (Å²) in [6.07, 6.45) is 2.01. The third-order valence-corrected chi connectivity index (χ3v) is 5.77. The number of nitrogens with one attached hydrogen (secondary N) is 1. The summed E-state index contributed by atoms with van der Waals surface area (Å²) in [6.45, 7) is 6.05. The molecule has 0 spiro atoms. The second kappa shape index (κ2) is 5.84. The van der Waals surface area contributed by atoms with Gasteiger partial charge in [-0.05, 0) is 36.9 Å². The molecule has 0 aliphatic carbocycles. The van der Waals surface area contributed by atoms with E-state index in [2.05, 4.69) is 19.2 Å². The van der Waals surface area contributed by atoms with E-state index in [1.807, 2.05) is 19.2 Å². The minimum Gasteiger partial charge on any atom is -0.316 e. The highest BCUT2D eigenvalue weighted by Crippen LogP contribution is 2.32. The van der Waals surface area contributed by atoms with E-state index in [1.54, 1.807) is 16.4 Å². The summed E-state index contributed by atoms with van der Waals surface area (Å²) in [5.74, 6) is 0. The molecule has 1 heterocycles. The lowest BCUT2D eigenvalue weighted by Crippen LogP contribution is -2.43. The van der Waals surface area contributed by atoms with Gasteiger partial charge in [0.25, 0.3) is 0 Å². The molecule has 112 valence electrons. The van der Waals surface area contributed by atoms with Gasteiger partial charge >= 0.3 is 0 Å². The average molecular weight is 296 g/mol. The summed E-state index contributed by atoms with van der Waals surface area (Å²) in [5, 5.41) is 3.03. The van der Waals surface area contributed by atoms with E-state index in [0.717, 1.165) is 18.4 Å². The molecule has 1 N–H and O–H groups in total. The molecule has 1 aliphatic heterocycles. The van der Waals surface area contributed by atoms with Gasteiger partial charge in [-0.2, -0.15) is 4.31 Å². The number of sulfonamides is 1. The molecular weight excluding hydrogens is 272 g/mol. The predicted molar refractivity (Wildman–Crippen MR) is 81.0 cm³/mol. The molecule has 1 aromatic rings. The van der Waals surface area contributed by atoms with E-state index in [0.29, 0.717) is 24.5 Å². The zero-order chi connectivity index (χ0) is 14.8. The van der Waals surface area contributed by atoms with Gasteiger partial charge in [0, 0.05) is 19.6 Å². The molecule has 0 radical (unpaired) electrons. The molecule has 0 amide bonds. The molecule has 5 heteroatoms. The molecule has 1 saturated heterocycles.